The average Bonchev–Trinajstić information content (AvgIpc) is 2.80. The lowest BCUT2D eigenvalue weighted by Gasteiger charge is -2.23. The number of nitrogens with two attached hydrogens (primary N) is 2. The number of ether oxygens (including phenoxy) is 1. The minimum atomic E-state index is -1.30. The van der Waals surface area contributed by atoms with E-state index in [9.17, 15) is 19.2 Å². The number of rotatable bonds is 8. The van der Waals surface area contributed by atoms with E-state index in [1.54, 1.807) is 48.5 Å². The molecule has 172 valence electrons. The van der Waals surface area contributed by atoms with Crippen LogP contribution >= 0.6 is 0 Å². The zero-order chi connectivity index (χ0) is 23.8. The molecule has 1 aliphatic heterocycles. The SMILES string of the molecule is NC(=O)C[C@H](N)C(=O)N(C(=O)OCc1ccccc1)c1ccc(CC2=NNC(=O)CC2)cc1. The molecule has 5 N–H and O–H groups in total. The Labute approximate surface area is 190 Å². The van der Waals surface area contributed by atoms with E-state index in [2.05, 4.69) is 10.5 Å². The van der Waals surface area contributed by atoms with Gasteiger partial charge in [-0.3, -0.25) is 14.4 Å². The Balaban J connectivity index is 1.77. The van der Waals surface area contributed by atoms with Crippen LogP contribution in [0.1, 0.15) is 30.4 Å². The van der Waals surface area contributed by atoms with Crippen LogP contribution in [0, 0.1) is 0 Å². The van der Waals surface area contributed by atoms with Crippen LogP contribution in [0.25, 0.3) is 0 Å². The topological polar surface area (TPSA) is 157 Å². The van der Waals surface area contributed by atoms with Crippen molar-refractivity contribution in [2.24, 2.45) is 16.6 Å². The summed E-state index contributed by atoms with van der Waals surface area (Å²) in [6, 6.07) is 14.3. The Kier molecular flexibility index (Phi) is 7.87. The number of carbonyl (C=O) groups excluding carboxylic acids is 4. The van der Waals surface area contributed by atoms with Gasteiger partial charge >= 0.3 is 6.09 Å². The molecular formula is C23H25N5O5. The molecule has 0 aromatic heterocycles. The second-order valence-electron chi connectivity index (χ2n) is 7.55. The molecule has 4 amide bonds. The first-order valence-corrected chi connectivity index (χ1v) is 10.3. The van der Waals surface area contributed by atoms with Crippen molar-refractivity contribution in [1.82, 2.24) is 5.43 Å². The van der Waals surface area contributed by atoms with E-state index >= 15 is 0 Å². The quantitative estimate of drug-likeness (QED) is 0.550. The molecule has 1 aliphatic rings. The van der Waals surface area contributed by atoms with Crippen molar-refractivity contribution in [3.05, 3.63) is 65.7 Å². The molecule has 0 fully saturated rings. The molecule has 0 saturated heterocycles. The standard InChI is InChI=1S/C23H25N5O5/c24-19(13-20(25)29)22(31)28(23(32)33-14-16-4-2-1-3-5-16)18-9-6-15(7-10-18)12-17-8-11-21(30)27-26-17/h1-7,9-10,19H,8,11-14,24H2,(H2,25,29)(H,27,30)/t19-/m0/s1. The van der Waals surface area contributed by atoms with Crippen LogP contribution in [0.5, 0.6) is 0 Å². The van der Waals surface area contributed by atoms with E-state index in [-0.39, 0.29) is 18.2 Å². The van der Waals surface area contributed by atoms with Crippen LogP contribution in [0.15, 0.2) is 59.7 Å². The summed E-state index contributed by atoms with van der Waals surface area (Å²) in [5, 5.41) is 4.04. The van der Waals surface area contributed by atoms with Crippen molar-refractivity contribution in [1.29, 1.82) is 0 Å². The van der Waals surface area contributed by atoms with Gasteiger partial charge in [0.15, 0.2) is 0 Å². The molecule has 0 radical (unpaired) electrons. The van der Waals surface area contributed by atoms with Crippen LogP contribution in [0.4, 0.5) is 10.5 Å². The summed E-state index contributed by atoms with van der Waals surface area (Å²) in [4.78, 5) is 49.0. The lowest BCUT2D eigenvalue weighted by atomic mass is 10.0. The number of nitrogens with one attached hydrogen (secondary N) is 1. The zero-order valence-corrected chi connectivity index (χ0v) is 17.9. The molecule has 33 heavy (non-hydrogen) atoms. The monoisotopic (exact) mass is 451 g/mol. The first kappa shape index (κ1) is 23.6. The first-order valence-electron chi connectivity index (χ1n) is 10.3. The maximum Gasteiger partial charge on any atom is 0.421 e. The Morgan fingerprint density at radius 2 is 1.73 bits per heavy atom. The molecule has 2 aromatic carbocycles. The van der Waals surface area contributed by atoms with E-state index in [0.717, 1.165) is 21.7 Å². The molecular weight excluding hydrogens is 426 g/mol. The molecule has 1 heterocycles. The van der Waals surface area contributed by atoms with Gasteiger partial charge in [-0.15, -0.1) is 0 Å². The van der Waals surface area contributed by atoms with Crippen molar-refractivity contribution in [2.45, 2.75) is 38.3 Å². The number of nitrogens with zero attached hydrogens (tertiary/aromatic N) is 2. The molecule has 2 aromatic rings. The Morgan fingerprint density at radius 3 is 2.33 bits per heavy atom. The fourth-order valence-corrected chi connectivity index (χ4v) is 3.21. The number of hydrogen-bond acceptors (Lipinski definition) is 7. The van der Waals surface area contributed by atoms with Gasteiger partial charge < -0.3 is 16.2 Å². The molecule has 1 atom stereocenters. The highest BCUT2D eigenvalue weighted by Crippen LogP contribution is 2.20. The highest BCUT2D eigenvalue weighted by atomic mass is 16.6. The van der Waals surface area contributed by atoms with Crippen LogP contribution in [0.3, 0.4) is 0 Å². The second-order valence-corrected chi connectivity index (χ2v) is 7.55. The highest BCUT2D eigenvalue weighted by molar-refractivity contribution is 6.14. The van der Waals surface area contributed by atoms with Crippen molar-refractivity contribution in [3.8, 4) is 0 Å². The number of amides is 4. The summed E-state index contributed by atoms with van der Waals surface area (Å²) in [5.41, 5.74) is 16.1. The molecule has 0 saturated carbocycles. The van der Waals surface area contributed by atoms with Gasteiger partial charge in [-0.25, -0.2) is 15.1 Å². The number of benzene rings is 2. The lowest BCUT2D eigenvalue weighted by Crippen LogP contribution is -2.48. The van der Waals surface area contributed by atoms with Gasteiger partial charge in [0.1, 0.15) is 6.61 Å². The number of carbonyl (C=O) groups is 4. The summed E-state index contributed by atoms with van der Waals surface area (Å²) in [7, 11) is 0. The van der Waals surface area contributed by atoms with Crippen LogP contribution in [0.2, 0.25) is 0 Å². The van der Waals surface area contributed by atoms with Crippen LogP contribution in [-0.2, 0) is 32.1 Å². The van der Waals surface area contributed by atoms with Crippen molar-refractivity contribution < 1.29 is 23.9 Å². The average molecular weight is 451 g/mol. The van der Waals surface area contributed by atoms with Crippen molar-refractivity contribution >= 4 is 35.2 Å². The van der Waals surface area contributed by atoms with Crippen LogP contribution < -0.4 is 21.8 Å². The van der Waals surface area contributed by atoms with E-state index in [4.69, 9.17) is 16.2 Å². The largest absolute Gasteiger partial charge is 0.444 e. The van der Waals surface area contributed by atoms with E-state index < -0.39 is 30.4 Å². The predicted octanol–water partition coefficient (Wildman–Crippen LogP) is 1.37. The summed E-state index contributed by atoms with van der Waals surface area (Å²) < 4.78 is 5.32. The summed E-state index contributed by atoms with van der Waals surface area (Å²) >= 11 is 0. The van der Waals surface area contributed by atoms with Crippen molar-refractivity contribution in [3.63, 3.8) is 0 Å². The maximum absolute atomic E-state index is 12.9. The van der Waals surface area contributed by atoms with E-state index in [1.165, 1.54) is 0 Å². The summed E-state index contributed by atoms with van der Waals surface area (Å²) in [6.45, 7) is -0.0435. The number of hydrazone groups is 1. The molecule has 0 aliphatic carbocycles. The number of primary amides is 1. The smallest absolute Gasteiger partial charge is 0.421 e. The van der Waals surface area contributed by atoms with Gasteiger partial charge in [0.25, 0.3) is 5.91 Å². The predicted molar refractivity (Wildman–Crippen MR) is 121 cm³/mol. The second kappa shape index (κ2) is 11.0. The Hall–Kier alpha value is -4.05. The van der Waals surface area contributed by atoms with Gasteiger partial charge in [0, 0.05) is 18.6 Å². The lowest BCUT2D eigenvalue weighted by molar-refractivity contribution is -0.124. The fraction of sp³-hybridized carbons (Fsp3) is 0.261. The minimum absolute atomic E-state index is 0.0435. The van der Waals surface area contributed by atoms with E-state index in [0.29, 0.717) is 19.3 Å². The first-order chi connectivity index (χ1) is 15.8. The Morgan fingerprint density at radius 1 is 1.03 bits per heavy atom. The van der Waals surface area contributed by atoms with Gasteiger partial charge in [0.2, 0.25) is 11.8 Å². The molecule has 10 nitrogen and oxygen atoms in total. The third-order valence-corrected chi connectivity index (χ3v) is 4.93. The number of imide groups is 1. The van der Waals surface area contributed by atoms with Crippen LogP contribution in [-0.4, -0.2) is 35.6 Å². The minimum Gasteiger partial charge on any atom is -0.444 e. The third-order valence-electron chi connectivity index (χ3n) is 4.93. The molecule has 3 rings (SSSR count). The zero-order valence-electron chi connectivity index (χ0n) is 17.9. The summed E-state index contributed by atoms with van der Waals surface area (Å²) in [6.07, 6.45) is 0.116. The third kappa shape index (κ3) is 6.71. The highest BCUT2D eigenvalue weighted by Gasteiger charge is 2.30. The summed E-state index contributed by atoms with van der Waals surface area (Å²) in [5.74, 6) is -1.69. The number of hydrogen-bond donors (Lipinski definition) is 3. The molecule has 0 unspecified atom stereocenters. The molecule has 0 bridgehead atoms. The van der Waals surface area contributed by atoms with Gasteiger partial charge in [0.05, 0.1) is 18.2 Å². The van der Waals surface area contributed by atoms with Crippen molar-refractivity contribution in [2.75, 3.05) is 4.90 Å². The number of anilines is 1. The maximum atomic E-state index is 12.9. The van der Waals surface area contributed by atoms with E-state index in [1.807, 2.05) is 6.07 Å². The van der Waals surface area contributed by atoms with Gasteiger partial charge in [-0.05, 0) is 29.7 Å². The van der Waals surface area contributed by atoms with Gasteiger partial charge in [-0.1, -0.05) is 42.5 Å². The molecule has 10 heteroatoms. The molecule has 0 spiro atoms. The normalized spacial score (nSPS) is 14.0. The fourth-order valence-electron chi connectivity index (χ4n) is 3.21. The van der Waals surface area contributed by atoms with Gasteiger partial charge in [-0.2, -0.15) is 5.10 Å². The Bertz CT molecular complexity index is 1050.